The third-order valence-electron chi connectivity index (χ3n) is 8.28. The van der Waals surface area contributed by atoms with Gasteiger partial charge in [0.15, 0.2) is 0 Å². The molecular weight excluding hydrogens is 332 g/mol. The van der Waals surface area contributed by atoms with Gasteiger partial charge in [-0.15, -0.1) is 0 Å². The van der Waals surface area contributed by atoms with Gasteiger partial charge in [-0.2, -0.15) is 0 Å². The molecule has 0 aromatic heterocycles. The van der Waals surface area contributed by atoms with E-state index < -0.39 is 22.7 Å². The fourth-order valence-electron chi connectivity index (χ4n) is 6.85. The predicted molar refractivity (Wildman–Crippen MR) is 96.3 cm³/mol. The summed E-state index contributed by atoms with van der Waals surface area (Å²) < 4.78 is 11.2. The maximum Gasteiger partial charge on any atom is 0.311 e. The number of ether oxygens (including phenoxy) is 2. The maximum atomic E-state index is 12.6. The average molecular weight is 364 g/mol. The van der Waals surface area contributed by atoms with E-state index >= 15 is 0 Å². The topological polar surface area (TPSA) is 79.3 Å². The summed E-state index contributed by atoms with van der Waals surface area (Å²) in [6.07, 6.45) is 4.74. The zero-order valence-corrected chi connectivity index (χ0v) is 16.5. The molecule has 3 aliphatic carbocycles. The van der Waals surface area contributed by atoms with E-state index in [4.69, 9.17) is 9.47 Å². The van der Waals surface area contributed by atoms with Crippen molar-refractivity contribution >= 4 is 5.97 Å². The van der Waals surface area contributed by atoms with Crippen LogP contribution in [-0.4, -0.2) is 46.7 Å². The fourth-order valence-corrected chi connectivity index (χ4v) is 6.85. The normalized spacial score (nSPS) is 52.5. The van der Waals surface area contributed by atoms with Crippen molar-refractivity contribution in [1.29, 1.82) is 0 Å². The first-order valence-corrected chi connectivity index (χ1v) is 9.97. The minimum atomic E-state index is -1.04. The van der Waals surface area contributed by atoms with Crippen molar-refractivity contribution in [3.63, 3.8) is 0 Å². The summed E-state index contributed by atoms with van der Waals surface area (Å²) in [6.45, 7) is 8.24. The smallest absolute Gasteiger partial charge is 0.311 e. The number of hydrogen-bond donors (Lipinski definition) is 2. The number of rotatable bonds is 2. The molecule has 0 amide bonds. The molecule has 2 saturated carbocycles. The largest absolute Gasteiger partial charge is 0.469 e. The van der Waals surface area contributed by atoms with Gasteiger partial charge in [0.1, 0.15) is 23.4 Å². The van der Waals surface area contributed by atoms with Crippen LogP contribution < -0.4 is 0 Å². The van der Waals surface area contributed by atoms with E-state index in [1.807, 2.05) is 26.8 Å². The molecule has 0 spiro atoms. The van der Waals surface area contributed by atoms with E-state index in [9.17, 15) is 15.0 Å². The van der Waals surface area contributed by atoms with Crippen LogP contribution in [0.4, 0.5) is 0 Å². The Balaban J connectivity index is 1.79. The lowest BCUT2D eigenvalue weighted by molar-refractivity contribution is -0.167. The highest BCUT2D eigenvalue weighted by atomic mass is 16.6. The van der Waals surface area contributed by atoms with Crippen molar-refractivity contribution in [1.82, 2.24) is 0 Å². The van der Waals surface area contributed by atoms with Crippen LogP contribution in [0.15, 0.2) is 11.6 Å². The highest BCUT2D eigenvalue weighted by molar-refractivity contribution is 5.77. The molecule has 0 bridgehead atoms. The van der Waals surface area contributed by atoms with Crippen LogP contribution in [0.2, 0.25) is 0 Å². The van der Waals surface area contributed by atoms with Crippen molar-refractivity contribution in [3.8, 4) is 0 Å². The molecule has 0 aromatic rings. The molecule has 0 unspecified atom stereocenters. The first-order valence-electron chi connectivity index (χ1n) is 9.97. The Morgan fingerprint density at radius 2 is 2.00 bits per heavy atom. The van der Waals surface area contributed by atoms with Gasteiger partial charge < -0.3 is 19.7 Å². The minimum Gasteiger partial charge on any atom is -0.469 e. The lowest BCUT2D eigenvalue weighted by Gasteiger charge is -2.59. The average Bonchev–Trinajstić information content (AvgIpc) is 3.35. The summed E-state index contributed by atoms with van der Waals surface area (Å²) >= 11 is 0. The Morgan fingerprint density at radius 3 is 2.62 bits per heavy atom. The molecule has 26 heavy (non-hydrogen) atoms. The summed E-state index contributed by atoms with van der Waals surface area (Å²) in [7, 11) is 1.46. The molecule has 7 atom stereocenters. The summed E-state index contributed by atoms with van der Waals surface area (Å²) in [5, 5.41) is 22.6. The second-order valence-corrected chi connectivity index (χ2v) is 9.73. The van der Waals surface area contributed by atoms with Crippen molar-refractivity contribution in [2.45, 2.75) is 83.2 Å². The highest BCUT2D eigenvalue weighted by Gasteiger charge is 2.76. The van der Waals surface area contributed by atoms with Crippen molar-refractivity contribution in [3.05, 3.63) is 11.6 Å². The van der Waals surface area contributed by atoms with Gasteiger partial charge in [-0.25, -0.2) is 0 Å². The monoisotopic (exact) mass is 364 g/mol. The molecule has 0 radical (unpaired) electrons. The Bertz CT molecular complexity index is 671. The van der Waals surface area contributed by atoms with E-state index in [2.05, 4.69) is 6.92 Å². The molecule has 5 heteroatoms. The lowest BCUT2D eigenvalue weighted by Crippen LogP contribution is -2.61. The molecule has 1 saturated heterocycles. The summed E-state index contributed by atoms with van der Waals surface area (Å²) in [4.78, 5) is 12.6. The minimum absolute atomic E-state index is 0.0974. The first kappa shape index (κ1) is 18.5. The van der Waals surface area contributed by atoms with Gasteiger partial charge in [0.25, 0.3) is 0 Å². The van der Waals surface area contributed by atoms with E-state index in [0.29, 0.717) is 6.42 Å². The van der Waals surface area contributed by atoms with E-state index in [1.165, 1.54) is 7.11 Å². The van der Waals surface area contributed by atoms with Gasteiger partial charge in [0.2, 0.25) is 0 Å². The molecule has 1 heterocycles. The maximum absolute atomic E-state index is 12.6. The zero-order chi connectivity index (χ0) is 19.1. The van der Waals surface area contributed by atoms with E-state index in [0.717, 1.165) is 31.3 Å². The summed E-state index contributed by atoms with van der Waals surface area (Å²) in [5.74, 6) is 0.0665. The second-order valence-electron chi connectivity index (χ2n) is 9.73. The lowest BCUT2D eigenvalue weighted by atomic mass is 9.45. The number of hydrogen-bond acceptors (Lipinski definition) is 5. The Labute approximate surface area is 155 Å². The SMILES string of the molecule is COC(=O)[C@]1(C)CCC[C@]2(C)C3=C[C@H](O)[C@@]4(C(C)C)O[C@H]4[C@@]3(O)CC[C@@H]12. The number of carbonyl (C=O) groups is 1. The fraction of sp³-hybridized carbons (Fsp3) is 0.857. The number of carbonyl (C=O) groups excluding carboxylic acids is 1. The third-order valence-corrected chi connectivity index (χ3v) is 8.28. The van der Waals surface area contributed by atoms with Gasteiger partial charge in [0.05, 0.1) is 12.5 Å². The molecule has 1 aliphatic heterocycles. The molecular formula is C21H32O5. The van der Waals surface area contributed by atoms with E-state index in [1.54, 1.807) is 0 Å². The van der Waals surface area contributed by atoms with Gasteiger partial charge in [-0.1, -0.05) is 33.3 Å². The molecule has 4 rings (SSSR count). The zero-order valence-electron chi connectivity index (χ0n) is 16.5. The van der Waals surface area contributed by atoms with Crippen LogP contribution in [0.1, 0.15) is 59.8 Å². The van der Waals surface area contributed by atoms with Gasteiger partial charge >= 0.3 is 5.97 Å². The molecule has 146 valence electrons. The van der Waals surface area contributed by atoms with Crippen LogP contribution in [0.5, 0.6) is 0 Å². The van der Waals surface area contributed by atoms with Gasteiger partial charge in [-0.3, -0.25) is 4.79 Å². The number of aliphatic hydroxyl groups excluding tert-OH is 1. The van der Waals surface area contributed by atoms with Crippen LogP contribution in [0, 0.1) is 22.7 Å². The van der Waals surface area contributed by atoms with Crippen molar-refractivity contribution in [2.24, 2.45) is 22.7 Å². The second kappa shape index (κ2) is 5.33. The third kappa shape index (κ3) is 1.95. The van der Waals surface area contributed by atoms with Gasteiger partial charge in [0, 0.05) is 0 Å². The van der Waals surface area contributed by atoms with Crippen LogP contribution in [0.3, 0.4) is 0 Å². The number of fused-ring (bicyclic) bond motifs is 5. The Kier molecular flexibility index (Phi) is 3.78. The predicted octanol–water partition coefficient (Wildman–Crippen LogP) is 2.59. The Morgan fingerprint density at radius 1 is 1.31 bits per heavy atom. The number of aliphatic hydroxyl groups is 2. The quantitative estimate of drug-likeness (QED) is 0.447. The van der Waals surface area contributed by atoms with Crippen molar-refractivity contribution in [2.75, 3.05) is 7.11 Å². The van der Waals surface area contributed by atoms with E-state index in [-0.39, 0.29) is 29.3 Å². The summed E-state index contributed by atoms with van der Waals surface area (Å²) in [5.41, 5.74) is -1.69. The molecule has 2 N–H and O–H groups in total. The van der Waals surface area contributed by atoms with Crippen LogP contribution >= 0.6 is 0 Å². The number of methoxy groups -OCH3 is 1. The summed E-state index contributed by atoms with van der Waals surface area (Å²) in [6, 6.07) is 0. The van der Waals surface area contributed by atoms with Gasteiger partial charge in [-0.05, 0) is 55.4 Å². The molecule has 4 aliphatic rings. The number of esters is 1. The van der Waals surface area contributed by atoms with Crippen LogP contribution in [0.25, 0.3) is 0 Å². The molecule has 0 aromatic carbocycles. The van der Waals surface area contributed by atoms with Crippen LogP contribution in [-0.2, 0) is 14.3 Å². The molecule has 5 nitrogen and oxygen atoms in total. The molecule has 3 fully saturated rings. The van der Waals surface area contributed by atoms with Crippen molar-refractivity contribution < 1.29 is 24.5 Å². The first-order chi connectivity index (χ1) is 12.1. The standard InChI is InChI=1S/C21H32O5/c1-12(2)21-15(22)11-14-18(3)8-6-9-19(4,17(23)25-5)13(18)7-10-20(14,24)16(21)26-21/h11-13,15-16,22,24H,6-10H2,1-5H3/t13-,15+,16+,18+,19-,20-,21-/m1/s1. The Hall–Kier alpha value is -0.910. The number of epoxide rings is 1. The highest BCUT2D eigenvalue weighted by Crippen LogP contribution is 2.68.